The predicted molar refractivity (Wildman–Crippen MR) is 81.7 cm³/mol. The maximum absolute atomic E-state index is 12.0. The third kappa shape index (κ3) is 3.91. The summed E-state index contributed by atoms with van der Waals surface area (Å²) in [6, 6.07) is 6.89. The molecule has 21 heavy (non-hydrogen) atoms. The number of carbonyl (C=O) groups excluding carboxylic acids is 2. The number of amides is 2. The number of primary amides is 1. The Morgan fingerprint density at radius 1 is 1.29 bits per heavy atom. The molecule has 1 saturated heterocycles. The third-order valence-corrected chi connectivity index (χ3v) is 3.68. The molecule has 1 atom stereocenters. The first-order chi connectivity index (χ1) is 9.97. The van der Waals surface area contributed by atoms with E-state index in [4.69, 9.17) is 28.4 Å². The van der Waals surface area contributed by atoms with Crippen LogP contribution in [0.3, 0.4) is 0 Å². The van der Waals surface area contributed by atoms with Crippen molar-refractivity contribution in [3.8, 4) is 5.75 Å². The van der Waals surface area contributed by atoms with Gasteiger partial charge in [-0.3, -0.25) is 9.59 Å². The van der Waals surface area contributed by atoms with Crippen LogP contribution in [0.2, 0.25) is 0 Å². The van der Waals surface area contributed by atoms with Gasteiger partial charge in [-0.1, -0.05) is 12.2 Å². The van der Waals surface area contributed by atoms with Gasteiger partial charge in [-0.25, -0.2) is 0 Å². The quantitative estimate of drug-likeness (QED) is 0.748. The molecule has 7 heteroatoms. The molecule has 1 aromatic carbocycles. The van der Waals surface area contributed by atoms with E-state index >= 15 is 0 Å². The summed E-state index contributed by atoms with van der Waals surface area (Å²) in [5.41, 5.74) is 11.5. The number of hydrogen-bond acceptors (Lipinski definition) is 4. The molecule has 0 aliphatic carbocycles. The lowest BCUT2D eigenvalue weighted by Crippen LogP contribution is -2.34. The Kier molecular flexibility index (Phi) is 4.74. The van der Waals surface area contributed by atoms with Gasteiger partial charge < -0.3 is 21.1 Å². The first-order valence-electron chi connectivity index (χ1n) is 6.57. The van der Waals surface area contributed by atoms with Crippen molar-refractivity contribution in [1.29, 1.82) is 0 Å². The summed E-state index contributed by atoms with van der Waals surface area (Å²) in [5, 5.41) is 0. The Morgan fingerprint density at radius 2 is 1.95 bits per heavy atom. The van der Waals surface area contributed by atoms with Crippen molar-refractivity contribution in [3.63, 3.8) is 0 Å². The molecule has 1 heterocycles. The molecule has 2 amide bonds. The predicted octanol–water partition coefficient (Wildman–Crippen LogP) is 0.0334. The topological polar surface area (TPSA) is 98.7 Å². The van der Waals surface area contributed by atoms with Crippen LogP contribution >= 0.6 is 12.2 Å². The second-order valence-electron chi connectivity index (χ2n) is 4.91. The molecule has 1 aromatic rings. The molecule has 0 saturated carbocycles. The molecule has 0 bridgehead atoms. The molecule has 4 N–H and O–H groups in total. The Morgan fingerprint density at radius 3 is 2.48 bits per heavy atom. The number of nitrogens with zero attached hydrogens (tertiary/aromatic N) is 1. The summed E-state index contributed by atoms with van der Waals surface area (Å²) < 4.78 is 5.42. The lowest BCUT2D eigenvalue weighted by molar-refractivity contribution is -0.132. The van der Waals surface area contributed by atoms with E-state index in [9.17, 15) is 9.59 Å². The van der Waals surface area contributed by atoms with Crippen LogP contribution < -0.4 is 16.2 Å². The Balaban J connectivity index is 1.84. The van der Waals surface area contributed by atoms with Gasteiger partial charge in [0.2, 0.25) is 5.91 Å². The van der Waals surface area contributed by atoms with Crippen molar-refractivity contribution in [1.82, 2.24) is 4.90 Å². The van der Waals surface area contributed by atoms with Crippen LogP contribution in [-0.2, 0) is 9.59 Å². The van der Waals surface area contributed by atoms with Gasteiger partial charge in [-0.15, -0.1) is 0 Å². The van der Waals surface area contributed by atoms with Crippen molar-refractivity contribution in [2.75, 3.05) is 19.7 Å². The van der Waals surface area contributed by atoms with E-state index in [1.807, 2.05) is 0 Å². The van der Waals surface area contributed by atoms with Gasteiger partial charge in [-0.05, 0) is 30.7 Å². The standard InChI is InChI=1S/C14H17N3O3S/c15-13(19)10-5-6-17(7-10)12(18)8-20-11-3-1-9(2-4-11)14(16)21/h1-4,10H,5-8H2,(H2,15,19)(H2,16,21). The molecule has 112 valence electrons. The van der Waals surface area contributed by atoms with Gasteiger partial charge in [0, 0.05) is 18.7 Å². The molecule has 6 nitrogen and oxygen atoms in total. The van der Waals surface area contributed by atoms with Gasteiger partial charge in [0.1, 0.15) is 10.7 Å². The molecule has 1 aliphatic heterocycles. The minimum Gasteiger partial charge on any atom is -0.484 e. The molecule has 2 rings (SSSR count). The maximum atomic E-state index is 12.0. The second kappa shape index (κ2) is 6.53. The van der Waals surface area contributed by atoms with Crippen molar-refractivity contribution < 1.29 is 14.3 Å². The fraction of sp³-hybridized carbons (Fsp3) is 0.357. The van der Waals surface area contributed by atoms with E-state index in [0.717, 1.165) is 5.56 Å². The number of benzene rings is 1. The zero-order chi connectivity index (χ0) is 15.4. The van der Waals surface area contributed by atoms with Gasteiger partial charge in [0.25, 0.3) is 5.91 Å². The highest BCUT2D eigenvalue weighted by Crippen LogP contribution is 2.17. The molecule has 1 unspecified atom stereocenters. The summed E-state index contributed by atoms with van der Waals surface area (Å²) in [5.74, 6) is -0.204. The van der Waals surface area contributed by atoms with Gasteiger partial charge in [-0.2, -0.15) is 0 Å². The summed E-state index contributed by atoms with van der Waals surface area (Å²) >= 11 is 4.85. The zero-order valence-corrected chi connectivity index (χ0v) is 12.3. The van der Waals surface area contributed by atoms with E-state index < -0.39 is 0 Å². The zero-order valence-electron chi connectivity index (χ0n) is 11.5. The van der Waals surface area contributed by atoms with Crippen LogP contribution in [0.25, 0.3) is 0 Å². The number of nitrogens with two attached hydrogens (primary N) is 2. The van der Waals surface area contributed by atoms with Crippen LogP contribution in [0, 0.1) is 5.92 Å². The average molecular weight is 307 g/mol. The minimum absolute atomic E-state index is 0.0715. The normalized spacial score (nSPS) is 17.5. The summed E-state index contributed by atoms with van der Waals surface area (Å²) in [7, 11) is 0. The lowest BCUT2D eigenvalue weighted by atomic mass is 10.1. The highest BCUT2D eigenvalue weighted by Gasteiger charge is 2.29. The highest BCUT2D eigenvalue weighted by molar-refractivity contribution is 7.80. The Bertz CT molecular complexity index is 559. The fourth-order valence-corrected chi connectivity index (χ4v) is 2.31. The smallest absolute Gasteiger partial charge is 0.260 e. The van der Waals surface area contributed by atoms with E-state index in [2.05, 4.69) is 0 Å². The number of likely N-dealkylation sites (tertiary alicyclic amines) is 1. The first kappa shape index (κ1) is 15.2. The summed E-state index contributed by atoms with van der Waals surface area (Å²) in [6.07, 6.45) is 0.615. The van der Waals surface area contributed by atoms with Crippen molar-refractivity contribution >= 4 is 29.0 Å². The second-order valence-corrected chi connectivity index (χ2v) is 5.34. The molecule has 0 radical (unpaired) electrons. The van der Waals surface area contributed by atoms with E-state index in [-0.39, 0.29) is 24.3 Å². The monoisotopic (exact) mass is 307 g/mol. The van der Waals surface area contributed by atoms with Crippen LogP contribution in [-0.4, -0.2) is 41.4 Å². The average Bonchev–Trinajstić information content (AvgIpc) is 2.95. The first-order valence-corrected chi connectivity index (χ1v) is 6.98. The van der Waals surface area contributed by atoms with Crippen LogP contribution in [0.15, 0.2) is 24.3 Å². The number of rotatable bonds is 5. The maximum Gasteiger partial charge on any atom is 0.260 e. The van der Waals surface area contributed by atoms with E-state index in [1.54, 1.807) is 29.2 Å². The van der Waals surface area contributed by atoms with Gasteiger partial charge >= 0.3 is 0 Å². The number of hydrogen-bond donors (Lipinski definition) is 2. The molecule has 1 aliphatic rings. The Labute approximate surface area is 128 Å². The summed E-state index contributed by atoms with van der Waals surface area (Å²) in [4.78, 5) is 24.9. The van der Waals surface area contributed by atoms with Crippen molar-refractivity contribution in [2.24, 2.45) is 17.4 Å². The van der Waals surface area contributed by atoms with Crippen LogP contribution in [0.4, 0.5) is 0 Å². The highest BCUT2D eigenvalue weighted by atomic mass is 32.1. The largest absolute Gasteiger partial charge is 0.484 e. The van der Waals surface area contributed by atoms with E-state index in [1.165, 1.54) is 0 Å². The third-order valence-electron chi connectivity index (χ3n) is 3.44. The summed E-state index contributed by atoms with van der Waals surface area (Å²) in [6.45, 7) is 0.839. The SMILES string of the molecule is NC(=O)C1CCN(C(=O)COc2ccc(C(N)=S)cc2)C1. The van der Waals surface area contributed by atoms with Crippen molar-refractivity contribution in [2.45, 2.75) is 6.42 Å². The number of thiocarbonyl (C=S) groups is 1. The van der Waals surface area contributed by atoms with Gasteiger partial charge in [0.15, 0.2) is 6.61 Å². The molecule has 0 aromatic heterocycles. The number of carbonyl (C=O) groups is 2. The van der Waals surface area contributed by atoms with Gasteiger partial charge in [0.05, 0.1) is 5.92 Å². The van der Waals surface area contributed by atoms with E-state index in [0.29, 0.717) is 30.2 Å². The minimum atomic E-state index is -0.362. The Hall–Kier alpha value is -2.15. The fourth-order valence-electron chi connectivity index (χ4n) is 2.17. The molecule has 1 fully saturated rings. The molecule has 0 spiro atoms. The van der Waals surface area contributed by atoms with Crippen molar-refractivity contribution in [3.05, 3.63) is 29.8 Å². The lowest BCUT2D eigenvalue weighted by Gasteiger charge is -2.16. The number of ether oxygens (including phenoxy) is 1. The molecular formula is C14H17N3O3S. The van der Waals surface area contributed by atoms with Crippen LogP contribution in [0.1, 0.15) is 12.0 Å². The molecular weight excluding hydrogens is 290 g/mol. The van der Waals surface area contributed by atoms with Crippen LogP contribution in [0.5, 0.6) is 5.75 Å².